The van der Waals surface area contributed by atoms with E-state index in [-0.39, 0.29) is 42.7 Å². The summed E-state index contributed by atoms with van der Waals surface area (Å²) in [5.41, 5.74) is 8.57. The Hall–Kier alpha value is -2.03. The van der Waals surface area contributed by atoms with Gasteiger partial charge < -0.3 is 18.4 Å². The number of pyridine rings is 1. The molecule has 0 saturated carbocycles. The molecule has 2 aromatic rings. The van der Waals surface area contributed by atoms with Crippen molar-refractivity contribution in [1.29, 1.82) is 10.5 Å². The number of rotatable bonds is 3. The average molecular weight is 405 g/mol. The predicted molar refractivity (Wildman–Crippen MR) is 94.0 cm³/mol. The van der Waals surface area contributed by atoms with Crippen molar-refractivity contribution in [1.82, 2.24) is 4.98 Å². The quantitative estimate of drug-likeness (QED) is 0.482. The molecule has 0 aliphatic carbocycles. The summed E-state index contributed by atoms with van der Waals surface area (Å²) in [4.78, 5) is 3.89. The van der Waals surface area contributed by atoms with Crippen LogP contribution in [-0.4, -0.2) is 9.50 Å². The molecule has 0 fully saturated rings. The van der Waals surface area contributed by atoms with Crippen LogP contribution in [0.4, 0.5) is 5.82 Å². The molecule has 6 heteroatoms. The Morgan fingerprint density at radius 3 is 2.33 bits per heavy atom. The normalized spacial score (nSPS) is 9.81. The largest absolute Gasteiger partial charge is 0.759 e. The molecular weight excluding hydrogens is 395 g/mol. The van der Waals surface area contributed by atoms with E-state index in [0.29, 0.717) is 5.56 Å². The molecule has 21 heavy (non-hydrogen) atoms. The Morgan fingerprint density at radius 1 is 1.19 bits per heavy atom. The third kappa shape index (κ3) is 3.02. The van der Waals surface area contributed by atoms with Gasteiger partial charge in [0.05, 0.1) is 11.6 Å². The van der Waals surface area contributed by atoms with Crippen LogP contribution in [0.3, 0.4) is 0 Å². The fourth-order valence-electron chi connectivity index (χ4n) is 1.96. The monoisotopic (exact) mass is 405 g/mol. The fraction of sp³-hybridized carbons (Fsp3) is 0.0667. The molecule has 4 nitrogen and oxygen atoms in total. The summed E-state index contributed by atoms with van der Waals surface area (Å²) < 4.78 is 4.91. The highest BCUT2D eigenvalue weighted by Gasteiger charge is 2.15. The molecule has 0 amide bonds. The molecule has 0 bridgehead atoms. The zero-order valence-corrected chi connectivity index (χ0v) is 13.9. The van der Waals surface area contributed by atoms with E-state index < -0.39 is 0 Å². The Morgan fingerprint density at radius 2 is 1.81 bits per heavy atom. The summed E-state index contributed by atoms with van der Waals surface area (Å²) in [7, 11) is 0. The van der Waals surface area contributed by atoms with E-state index in [4.69, 9.17) is 18.4 Å². The number of nitrogens with two attached hydrogens (primary N) is 1. The zero-order valence-electron chi connectivity index (χ0n) is 10.9. The van der Waals surface area contributed by atoms with Crippen LogP contribution in [0.2, 0.25) is 0 Å². The van der Waals surface area contributed by atoms with E-state index in [1.54, 1.807) is 0 Å². The van der Waals surface area contributed by atoms with Crippen LogP contribution in [0.15, 0.2) is 29.3 Å². The van der Waals surface area contributed by atoms with Crippen LogP contribution in [0.1, 0.15) is 16.7 Å². The maximum absolute atomic E-state index is 9.30. The van der Waals surface area contributed by atoms with Crippen molar-refractivity contribution in [2.45, 2.75) is 9.45 Å². The second kappa shape index (κ2) is 6.61. The summed E-state index contributed by atoms with van der Waals surface area (Å²) in [6.07, 6.45) is 0. The maximum atomic E-state index is 9.30. The Labute approximate surface area is 138 Å². The van der Waals surface area contributed by atoms with Crippen LogP contribution >= 0.6 is 20.7 Å². The van der Waals surface area contributed by atoms with Crippen LogP contribution < -0.4 is 5.73 Å². The molecule has 0 atom stereocenters. The Balaban J connectivity index is 2.70. The molecule has 0 spiro atoms. The van der Waals surface area contributed by atoms with E-state index in [1.165, 1.54) is 5.56 Å². The first-order valence-electron chi connectivity index (χ1n) is 5.85. The van der Waals surface area contributed by atoms with Gasteiger partial charge in [-0.1, -0.05) is 33.8 Å². The highest BCUT2D eigenvalue weighted by molar-refractivity contribution is 14.2. The number of benzene rings is 1. The van der Waals surface area contributed by atoms with Gasteiger partial charge in [-0.05, 0) is 11.1 Å². The summed E-state index contributed by atoms with van der Waals surface area (Å²) >= 11 is 5.01. The molecule has 0 aliphatic heterocycles. The molecule has 1 aromatic carbocycles. The van der Waals surface area contributed by atoms with Crippen molar-refractivity contribution in [2.24, 2.45) is 0 Å². The highest BCUT2D eigenvalue weighted by Crippen LogP contribution is 2.32. The van der Waals surface area contributed by atoms with Crippen molar-refractivity contribution in [3.63, 3.8) is 0 Å². The third-order valence-electron chi connectivity index (χ3n) is 2.91. The molecule has 0 aliphatic rings. The summed E-state index contributed by atoms with van der Waals surface area (Å²) in [6.45, 7) is 0. The van der Waals surface area contributed by atoms with Crippen molar-refractivity contribution in [3.05, 3.63) is 41.0 Å². The minimum atomic E-state index is -0.0675. The third-order valence-corrected chi connectivity index (χ3v) is 4.62. The SMILES string of the molecule is C=ICc1ccc(-c2c(C#N)c(N)nc([S-])c2C#N)cc1. The molecule has 2 N–H and O–H groups in total. The number of aromatic nitrogens is 1. The van der Waals surface area contributed by atoms with Crippen molar-refractivity contribution < 1.29 is 0 Å². The minimum Gasteiger partial charge on any atom is -0.759 e. The molecule has 104 valence electrons. The Kier molecular flexibility index (Phi) is 4.84. The second-order valence-corrected chi connectivity index (χ2v) is 6.40. The van der Waals surface area contributed by atoms with Crippen LogP contribution in [0.5, 0.6) is 0 Å². The lowest BCUT2D eigenvalue weighted by Gasteiger charge is -2.16. The number of alkyl halides is 1. The zero-order chi connectivity index (χ0) is 15.4. The van der Waals surface area contributed by atoms with Gasteiger partial charge in [-0.25, -0.2) is 0 Å². The van der Waals surface area contributed by atoms with Crippen molar-refractivity contribution >= 4 is 43.7 Å². The van der Waals surface area contributed by atoms with E-state index in [0.717, 1.165) is 9.99 Å². The fourth-order valence-corrected chi connectivity index (χ4v) is 3.33. The number of nitrogens with zero attached hydrogens (tertiary/aromatic N) is 3. The molecule has 0 saturated heterocycles. The van der Waals surface area contributed by atoms with Crippen LogP contribution in [0, 0.1) is 22.7 Å². The highest BCUT2D eigenvalue weighted by atomic mass is 127. The van der Waals surface area contributed by atoms with Crippen LogP contribution in [0.25, 0.3) is 11.1 Å². The van der Waals surface area contributed by atoms with E-state index in [9.17, 15) is 10.5 Å². The molecular formula is C15H10IN4S-. The Bertz CT molecular complexity index is 747. The first kappa shape index (κ1) is 15.4. The number of nitriles is 2. The predicted octanol–water partition coefficient (Wildman–Crippen LogP) is 2.88. The number of hydrogen-bond acceptors (Lipinski definition) is 5. The topological polar surface area (TPSA) is 86.5 Å². The lowest BCUT2D eigenvalue weighted by Crippen LogP contribution is -2.03. The lowest BCUT2D eigenvalue weighted by atomic mass is 9.96. The number of anilines is 1. The standard InChI is InChI=1S/C15H11IN4S/c1-16-6-9-2-4-10(5-3-9)13-11(7-17)14(19)20-15(21)12(13)8-18/h2-5H,1,6H2,(H3,19,20,21)/p-1. The summed E-state index contributed by atoms with van der Waals surface area (Å²) in [5, 5.41) is 18.7. The van der Waals surface area contributed by atoms with Gasteiger partial charge in [-0.15, -0.1) is 20.7 Å². The average Bonchev–Trinajstić information content (AvgIpc) is 2.48. The van der Waals surface area contributed by atoms with Gasteiger partial charge >= 0.3 is 0 Å². The van der Waals surface area contributed by atoms with Crippen molar-refractivity contribution in [3.8, 4) is 23.3 Å². The van der Waals surface area contributed by atoms with Gasteiger partial charge in [0, 0.05) is 9.99 Å². The molecule has 1 heterocycles. The van der Waals surface area contributed by atoms with Gasteiger partial charge in [0.15, 0.2) is 0 Å². The first-order chi connectivity index (χ1) is 10.1. The first-order valence-corrected chi connectivity index (χ1v) is 9.31. The molecule has 0 radical (unpaired) electrons. The number of halogens is 1. The van der Waals surface area contributed by atoms with E-state index >= 15 is 0 Å². The second-order valence-electron chi connectivity index (χ2n) is 4.17. The molecule has 0 unspecified atom stereocenters. The van der Waals surface area contributed by atoms with Gasteiger partial charge in [0.25, 0.3) is 0 Å². The summed E-state index contributed by atoms with van der Waals surface area (Å²) in [5.74, 6) is 0.0594. The lowest BCUT2D eigenvalue weighted by molar-refractivity contribution is 1.12. The number of hydrogen-bond donors (Lipinski definition) is 1. The molecule has 1 aromatic heterocycles. The van der Waals surface area contributed by atoms with E-state index in [2.05, 4.69) is 9.50 Å². The van der Waals surface area contributed by atoms with Gasteiger partial charge in [0.1, 0.15) is 17.5 Å². The maximum Gasteiger partial charge on any atom is 0.140 e. The van der Waals surface area contributed by atoms with Gasteiger partial charge in [-0.3, -0.25) is 4.98 Å². The minimum absolute atomic E-state index is 0.0594. The number of nitrogen functional groups attached to an aromatic ring is 1. The van der Waals surface area contributed by atoms with E-state index in [1.807, 2.05) is 36.4 Å². The van der Waals surface area contributed by atoms with Crippen molar-refractivity contribution in [2.75, 3.05) is 5.73 Å². The van der Waals surface area contributed by atoms with Gasteiger partial charge in [0.2, 0.25) is 0 Å². The van der Waals surface area contributed by atoms with Gasteiger partial charge in [-0.2, -0.15) is 10.5 Å². The summed E-state index contributed by atoms with van der Waals surface area (Å²) in [6, 6.07) is 11.7. The smallest absolute Gasteiger partial charge is 0.140 e. The van der Waals surface area contributed by atoms with Crippen LogP contribution in [-0.2, 0) is 17.1 Å². The molecule has 2 rings (SSSR count).